The van der Waals surface area contributed by atoms with Gasteiger partial charge >= 0.3 is 5.97 Å². The van der Waals surface area contributed by atoms with E-state index in [0.717, 1.165) is 25.1 Å². The first-order valence-corrected chi connectivity index (χ1v) is 7.16. The molecule has 110 valence electrons. The van der Waals surface area contributed by atoms with Gasteiger partial charge in [0.15, 0.2) is 0 Å². The maximum absolute atomic E-state index is 13.8. The molecule has 0 amide bonds. The summed E-state index contributed by atoms with van der Waals surface area (Å²) in [7, 11) is 0. The van der Waals surface area contributed by atoms with Gasteiger partial charge in [0, 0.05) is 30.4 Å². The van der Waals surface area contributed by atoms with Gasteiger partial charge in [-0.3, -0.25) is 4.98 Å². The fourth-order valence-electron chi connectivity index (χ4n) is 2.84. The highest BCUT2D eigenvalue weighted by molar-refractivity contribution is 6.03. The number of nitrogens with zero attached hydrogens (tertiary/aromatic N) is 2. The Labute approximate surface area is 122 Å². The topological polar surface area (TPSA) is 53.4 Å². The van der Waals surface area contributed by atoms with Crippen LogP contribution in [-0.4, -0.2) is 35.3 Å². The Bertz CT molecular complexity index is 674. The molecule has 3 rings (SSSR count). The normalized spacial score (nSPS) is 19.5. The van der Waals surface area contributed by atoms with Crippen LogP contribution in [-0.2, 0) is 0 Å². The van der Waals surface area contributed by atoms with Crippen LogP contribution in [0.1, 0.15) is 29.6 Å². The van der Waals surface area contributed by atoms with E-state index in [1.54, 1.807) is 6.07 Å². The minimum atomic E-state index is -0.973. The van der Waals surface area contributed by atoms with Crippen LogP contribution in [0.2, 0.25) is 0 Å². The van der Waals surface area contributed by atoms with Gasteiger partial charge < -0.3 is 10.0 Å². The van der Waals surface area contributed by atoms with Crippen LogP contribution in [0, 0.1) is 0 Å². The molecule has 1 saturated heterocycles. The number of fused-ring (bicyclic) bond motifs is 1. The number of pyridine rings is 1. The van der Waals surface area contributed by atoms with Gasteiger partial charge in [-0.1, -0.05) is 0 Å². The molecule has 4 nitrogen and oxygen atoms in total. The molecule has 2 aromatic rings. The Morgan fingerprint density at radius 3 is 3.00 bits per heavy atom. The third kappa shape index (κ3) is 2.82. The van der Waals surface area contributed by atoms with Crippen LogP contribution < -0.4 is 4.90 Å². The molecule has 0 bridgehead atoms. The molecule has 0 aliphatic carbocycles. The average molecular weight is 288 g/mol. The third-order valence-corrected chi connectivity index (χ3v) is 3.93. The molecule has 5 heteroatoms. The second-order valence-electron chi connectivity index (χ2n) is 5.40. The summed E-state index contributed by atoms with van der Waals surface area (Å²) in [6, 6.07) is 6.99. The second-order valence-corrected chi connectivity index (χ2v) is 5.40. The molecule has 1 aromatic heterocycles. The molecule has 1 unspecified atom stereocenters. The molecule has 0 spiro atoms. The molecule has 1 fully saturated rings. The minimum absolute atomic E-state index is 0.230. The van der Waals surface area contributed by atoms with Crippen molar-refractivity contribution in [1.29, 1.82) is 0 Å². The van der Waals surface area contributed by atoms with Crippen LogP contribution in [0.25, 0.3) is 10.9 Å². The minimum Gasteiger partial charge on any atom is -0.478 e. The van der Waals surface area contributed by atoms with E-state index in [4.69, 9.17) is 0 Å². The van der Waals surface area contributed by atoms with Gasteiger partial charge in [-0.25, -0.2) is 9.18 Å². The van der Waals surface area contributed by atoms with E-state index in [1.165, 1.54) is 12.3 Å². The summed E-state index contributed by atoms with van der Waals surface area (Å²) in [5.41, 5.74) is 1.74. The molecule has 1 aromatic carbocycles. The number of rotatable bonds is 2. The standard InChI is InChI=1S/C16H17FN2O2/c17-11-3-1-2-8-19(10-11)12-4-5-15-14(9-12)13(16(20)21)6-7-18-15/h4-7,9,11H,1-3,8,10H2,(H,20,21). The van der Waals surface area contributed by atoms with Crippen LogP contribution in [0.4, 0.5) is 10.1 Å². The van der Waals surface area contributed by atoms with Crippen molar-refractivity contribution < 1.29 is 14.3 Å². The lowest BCUT2D eigenvalue weighted by Crippen LogP contribution is -2.28. The van der Waals surface area contributed by atoms with E-state index >= 15 is 0 Å². The van der Waals surface area contributed by atoms with E-state index < -0.39 is 12.1 Å². The number of carboxylic acid groups (broad SMARTS) is 1. The number of aromatic carboxylic acids is 1. The second kappa shape index (κ2) is 5.68. The van der Waals surface area contributed by atoms with Crippen LogP contribution >= 0.6 is 0 Å². The van der Waals surface area contributed by atoms with Gasteiger partial charge in [0.05, 0.1) is 11.1 Å². The highest BCUT2D eigenvalue weighted by Crippen LogP contribution is 2.26. The zero-order valence-electron chi connectivity index (χ0n) is 11.6. The predicted octanol–water partition coefficient (Wildman–Crippen LogP) is 3.26. The fourth-order valence-corrected chi connectivity index (χ4v) is 2.84. The molecular formula is C16H17FN2O2. The summed E-state index contributed by atoms with van der Waals surface area (Å²) in [6.07, 6.45) is 3.13. The van der Waals surface area contributed by atoms with Gasteiger partial charge in [0.2, 0.25) is 0 Å². The first-order chi connectivity index (χ1) is 10.1. The van der Waals surface area contributed by atoms with Crippen LogP contribution in [0.5, 0.6) is 0 Å². The molecule has 1 N–H and O–H groups in total. The quantitative estimate of drug-likeness (QED) is 0.921. The first-order valence-electron chi connectivity index (χ1n) is 7.16. The highest BCUT2D eigenvalue weighted by Gasteiger charge is 2.18. The van der Waals surface area contributed by atoms with Crippen molar-refractivity contribution in [3.8, 4) is 0 Å². The Hall–Kier alpha value is -2.17. The van der Waals surface area contributed by atoms with E-state index in [-0.39, 0.29) is 5.56 Å². The largest absolute Gasteiger partial charge is 0.478 e. The number of anilines is 1. The monoisotopic (exact) mass is 288 g/mol. The third-order valence-electron chi connectivity index (χ3n) is 3.93. The van der Waals surface area contributed by atoms with Gasteiger partial charge in [-0.15, -0.1) is 0 Å². The van der Waals surface area contributed by atoms with Crippen molar-refractivity contribution in [3.63, 3.8) is 0 Å². The summed E-state index contributed by atoms with van der Waals surface area (Å²) < 4.78 is 13.8. The lowest BCUT2D eigenvalue weighted by Gasteiger charge is -2.24. The van der Waals surface area contributed by atoms with Crippen LogP contribution in [0.3, 0.4) is 0 Å². The summed E-state index contributed by atoms with van der Waals surface area (Å²) in [5, 5.41) is 9.87. The SMILES string of the molecule is O=C(O)c1ccnc2ccc(N3CCCCC(F)C3)cc12. The van der Waals surface area contributed by atoms with E-state index in [9.17, 15) is 14.3 Å². The lowest BCUT2D eigenvalue weighted by atomic mass is 10.1. The van der Waals surface area contributed by atoms with Crippen molar-refractivity contribution in [3.05, 3.63) is 36.0 Å². The number of benzene rings is 1. The molecule has 2 heterocycles. The van der Waals surface area contributed by atoms with E-state index in [0.29, 0.717) is 23.9 Å². The van der Waals surface area contributed by atoms with Crippen molar-refractivity contribution >= 4 is 22.6 Å². The average Bonchev–Trinajstić information content (AvgIpc) is 2.70. The maximum atomic E-state index is 13.8. The van der Waals surface area contributed by atoms with Crippen molar-refractivity contribution in [1.82, 2.24) is 4.98 Å². The molecule has 1 atom stereocenters. The summed E-state index contributed by atoms with van der Waals surface area (Å²) >= 11 is 0. The number of hydrogen-bond acceptors (Lipinski definition) is 3. The molecule has 0 radical (unpaired) electrons. The molecular weight excluding hydrogens is 271 g/mol. The zero-order chi connectivity index (χ0) is 14.8. The summed E-state index contributed by atoms with van der Waals surface area (Å²) in [5.74, 6) is -0.973. The predicted molar refractivity (Wildman–Crippen MR) is 79.7 cm³/mol. The van der Waals surface area contributed by atoms with E-state index in [2.05, 4.69) is 4.98 Å². The maximum Gasteiger partial charge on any atom is 0.336 e. The number of halogens is 1. The van der Waals surface area contributed by atoms with Gasteiger partial charge in [0.1, 0.15) is 6.17 Å². The van der Waals surface area contributed by atoms with Crippen molar-refractivity contribution in [2.75, 3.05) is 18.0 Å². The van der Waals surface area contributed by atoms with Crippen LogP contribution in [0.15, 0.2) is 30.5 Å². The zero-order valence-corrected chi connectivity index (χ0v) is 11.6. The number of aromatic nitrogens is 1. The van der Waals surface area contributed by atoms with Crippen molar-refractivity contribution in [2.24, 2.45) is 0 Å². The Morgan fingerprint density at radius 2 is 2.19 bits per heavy atom. The number of carboxylic acids is 1. The smallest absolute Gasteiger partial charge is 0.336 e. The Kier molecular flexibility index (Phi) is 3.73. The van der Waals surface area contributed by atoms with Gasteiger partial charge in [-0.2, -0.15) is 0 Å². The number of carbonyl (C=O) groups is 1. The Balaban J connectivity index is 2.03. The highest BCUT2D eigenvalue weighted by atomic mass is 19.1. The van der Waals surface area contributed by atoms with Crippen molar-refractivity contribution in [2.45, 2.75) is 25.4 Å². The van der Waals surface area contributed by atoms with Gasteiger partial charge in [0.25, 0.3) is 0 Å². The van der Waals surface area contributed by atoms with E-state index in [1.807, 2.05) is 17.0 Å². The fraction of sp³-hybridized carbons (Fsp3) is 0.375. The molecule has 21 heavy (non-hydrogen) atoms. The molecule has 1 aliphatic rings. The molecule has 0 saturated carbocycles. The number of hydrogen-bond donors (Lipinski definition) is 1. The lowest BCUT2D eigenvalue weighted by molar-refractivity contribution is 0.0699. The summed E-state index contributed by atoms with van der Waals surface area (Å²) in [6.45, 7) is 1.17. The number of alkyl halides is 1. The molecule has 1 aliphatic heterocycles. The summed E-state index contributed by atoms with van der Waals surface area (Å²) in [4.78, 5) is 17.5. The Morgan fingerprint density at radius 1 is 1.33 bits per heavy atom. The first kappa shape index (κ1) is 13.8. The van der Waals surface area contributed by atoms with Gasteiger partial charge in [-0.05, 0) is 43.5 Å².